The van der Waals surface area contributed by atoms with Crippen LogP contribution < -0.4 is 11.1 Å². The summed E-state index contributed by atoms with van der Waals surface area (Å²) >= 11 is 5.78. The number of amides is 1. The molecule has 1 amide bonds. The van der Waals surface area contributed by atoms with Gasteiger partial charge in [0.2, 0.25) is 5.91 Å². The predicted octanol–water partition coefficient (Wildman–Crippen LogP) is 2.74. The molecule has 0 atom stereocenters. The van der Waals surface area contributed by atoms with Gasteiger partial charge in [0, 0.05) is 11.2 Å². The zero-order valence-corrected chi connectivity index (χ0v) is 12.7. The minimum atomic E-state index is -1.15. The van der Waals surface area contributed by atoms with E-state index in [1.807, 2.05) is 0 Å². The van der Waals surface area contributed by atoms with Crippen LogP contribution in [0, 0.1) is 5.41 Å². The SMILES string of the molecule is CC(C)(N)C(C)(C)C(=O)Nc1ccc(Cl)c(C(=O)O)c1. The summed E-state index contributed by atoms with van der Waals surface area (Å²) in [6.07, 6.45) is 0. The number of nitrogens with one attached hydrogen (secondary N) is 1. The number of hydrogen-bond donors (Lipinski definition) is 3. The number of nitrogens with two attached hydrogens (primary N) is 1. The van der Waals surface area contributed by atoms with Crippen molar-refractivity contribution >= 4 is 29.2 Å². The van der Waals surface area contributed by atoms with E-state index in [-0.39, 0.29) is 16.5 Å². The van der Waals surface area contributed by atoms with Gasteiger partial charge in [0.1, 0.15) is 0 Å². The van der Waals surface area contributed by atoms with Crippen molar-refractivity contribution in [1.29, 1.82) is 0 Å². The summed E-state index contributed by atoms with van der Waals surface area (Å²) in [5.74, 6) is -1.44. The van der Waals surface area contributed by atoms with Crippen molar-refractivity contribution in [2.24, 2.45) is 11.1 Å². The van der Waals surface area contributed by atoms with Crippen molar-refractivity contribution in [3.63, 3.8) is 0 Å². The highest BCUT2D eigenvalue weighted by atomic mass is 35.5. The maximum atomic E-state index is 12.3. The molecule has 1 aromatic rings. The monoisotopic (exact) mass is 298 g/mol. The van der Waals surface area contributed by atoms with Gasteiger partial charge in [0.15, 0.2) is 0 Å². The van der Waals surface area contributed by atoms with Crippen molar-refractivity contribution in [2.45, 2.75) is 33.2 Å². The molecule has 0 aliphatic carbocycles. The maximum Gasteiger partial charge on any atom is 0.337 e. The van der Waals surface area contributed by atoms with Gasteiger partial charge in [-0.05, 0) is 45.9 Å². The first-order valence-corrected chi connectivity index (χ1v) is 6.48. The van der Waals surface area contributed by atoms with Gasteiger partial charge in [-0.15, -0.1) is 0 Å². The highest BCUT2D eigenvalue weighted by Crippen LogP contribution is 2.30. The van der Waals surface area contributed by atoms with Gasteiger partial charge in [0.05, 0.1) is 16.0 Å². The lowest BCUT2D eigenvalue weighted by molar-refractivity contribution is -0.126. The molecule has 0 aromatic heterocycles. The molecule has 0 spiro atoms. The highest BCUT2D eigenvalue weighted by molar-refractivity contribution is 6.33. The van der Waals surface area contributed by atoms with E-state index in [1.54, 1.807) is 33.8 Å². The van der Waals surface area contributed by atoms with Gasteiger partial charge >= 0.3 is 5.97 Å². The Balaban J connectivity index is 3.03. The summed E-state index contributed by atoms with van der Waals surface area (Å²) in [4.78, 5) is 23.3. The van der Waals surface area contributed by atoms with Crippen LogP contribution in [-0.4, -0.2) is 22.5 Å². The fourth-order valence-corrected chi connectivity index (χ4v) is 1.55. The Morgan fingerprint density at radius 1 is 1.25 bits per heavy atom. The quantitative estimate of drug-likeness (QED) is 0.797. The van der Waals surface area contributed by atoms with Crippen LogP contribution in [0.1, 0.15) is 38.1 Å². The van der Waals surface area contributed by atoms with Crippen LogP contribution in [0.2, 0.25) is 5.02 Å². The summed E-state index contributed by atoms with van der Waals surface area (Å²) in [6.45, 7) is 6.99. The molecule has 0 saturated heterocycles. The second-order valence-corrected chi connectivity index (χ2v) is 6.21. The fraction of sp³-hybridized carbons (Fsp3) is 0.429. The molecule has 0 unspecified atom stereocenters. The number of carboxylic acids is 1. The number of halogens is 1. The minimum Gasteiger partial charge on any atom is -0.478 e. The van der Waals surface area contributed by atoms with Gasteiger partial charge in [-0.2, -0.15) is 0 Å². The molecule has 0 aliphatic heterocycles. The molecule has 4 N–H and O–H groups in total. The molecular formula is C14H19ClN2O3. The Kier molecular flexibility index (Phi) is 4.46. The molecular weight excluding hydrogens is 280 g/mol. The molecule has 20 heavy (non-hydrogen) atoms. The highest BCUT2D eigenvalue weighted by Gasteiger charge is 2.40. The fourth-order valence-electron chi connectivity index (χ4n) is 1.35. The number of carbonyl (C=O) groups is 2. The van der Waals surface area contributed by atoms with Crippen LogP contribution in [0.25, 0.3) is 0 Å². The molecule has 0 bridgehead atoms. The van der Waals surface area contributed by atoms with E-state index in [1.165, 1.54) is 12.1 Å². The van der Waals surface area contributed by atoms with Crippen LogP contribution in [0.5, 0.6) is 0 Å². The summed E-state index contributed by atoms with van der Waals surface area (Å²) in [5, 5.41) is 11.8. The van der Waals surface area contributed by atoms with Crippen LogP contribution in [-0.2, 0) is 4.79 Å². The molecule has 0 radical (unpaired) electrons. The lowest BCUT2D eigenvalue weighted by Gasteiger charge is -2.36. The first-order valence-electron chi connectivity index (χ1n) is 6.10. The second kappa shape index (κ2) is 5.42. The molecule has 1 rings (SSSR count). The maximum absolute atomic E-state index is 12.3. The summed E-state index contributed by atoms with van der Waals surface area (Å²) in [7, 11) is 0. The first kappa shape index (κ1) is 16.5. The van der Waals surface area contributed by atoms with E-state index in [4.69, 9.17) is 22.4 Å². The van der Waals surface area contributed by atoms with E-state index in [2.05, 4.69) is 5.32 Å². The van der Waals surface area contributed by atoms with Gasteiger partial charge < -0.3 is 16.2 Å². The van der Waals surface area contributed by atoms with E-state index in [0.717, 1.165) is 0 Å². The predicted molar refractivity (Wildman–Crippen MR) is 79.1 cm³/mol. The second-order valence-electron chi connectivity index (χ2n) is 5.80. The molecule has 1 aromatic carbocycles. The number of hydrogen-bond acceptors (Lipinski definition) is 3. The smallest absolute Gasteiger partial charge is 0.337 e. The molecule has 110 valence electrons. The Hall–Kier alpha value is -1.59. The zero-order chi connectivity index (χ0) is 15.7. The Morgan fingerprint density at radius 3 is 2.25 bits per heavy atom. The molecule has 0 saturated carbocycles. The average Bonchev–Trinajstić information content (AvgIpc) is 2.29. The Bertz CT molecular complexity index is 548. The molecule has 6 heteroatoms. The normalized spacial score (nSPS) is 12.1. The van der Waals surface area contributed by atoms with E-state index >= 15 is 0 Å². The standard InChI is InChI=1S/C14H19ClN2O3/c1-13(2,14(3,4)16)12(20)17-8-5-6-10(15)9(7-8)11(18)19/h5-7H,16H2,1-4H3,(H,17,20)(H,18,19). The van der Waals surface area contributed by atoms with Crippen molar-refractivity contribution in [3.8, 4) is 0 Å². The number of rotatable bonds is 4. The summed E-state index contributed by atoms with van der Waals surface area (Å²) in [6, 6.07) is 4.30. The van der Waals surface area contributed by atoms with Crippen LogP contribution in [0.4, 0.5) is 5.69 Å². The van der Waals surface area contributed by atoms with Crippen LogP contribution >= 0.6 is 11.6 Å². The van der Waals surface area contributed by atoms with Crippen molar-refractivity contribution in [1.82, 2.24) is 0 Å². The average molecular weight is 299 g/mol. The summed E-state index contributed by atoms with van der Waals surface area (Å²) < 4.78 is 0. The van der Waals surface area contributed by atoms with Crippen LogP contribution in [0.3, 0.4) is 0 Å². The van der Waals surface area contributed by atoms with Crippen LogP contribution in [0.15, 0.2) is 18.2 Å². The molecule has 0 aliphatic rings. The third-order valence-corrected chi connectivity index (χ3v) is 3.96. The lowest BCUT2D eigenvalue weighted by atomic mass is 9.74. The number of benzene rings is 1. The largest absolute Gasteiger partial charge is 0.478 e. The van der Waals surface area contributed by atoms with E-state index in [9.17, 15) is 9.59 Å². The minimum absolute atomic E-state index is 0.0609. The lowest BCUT2D eigenvalue weighted by Crippen LogP contribution is -2.53. The third kappa shape index (κ3) is 3.29. The van der Waals surface area contributed by atoms with Gasteiger partial charge in [-0.1, -0.05) is 11.6 Å². The van der Waals surface area contributed by atoms with Crippen molar-refractivity contribution < 1.29 is 14.7 Å². The molecule has 0 fully saturated rings. The zero-order valence-electron chi connectivity index (χ0n) is 12.0. The third-order valence-electron chi connectivity index (χ3n) is 3.63. The van der Waals surface area contributed by atoms with Crippen molar-refractivity contribution in [2.75, 3.05) is 5.32 Å². The number of carboxylic acid groups (broad SMARTS) is 1. The number of carbonyl (C=O) groups excluding carboxylic acids is 1. The van der Waals surface area contributed by atoms with E-state index < -0.39 is 16.9 Å². The van der Waals surface area contributed by atoms with Crippen molar-refractivity contribution in [3.05, 3.63) is 28.8 Å². The first-order chi connectivity index (χ1) is 8.96. The topological polar surface area (TPSA) is 92.4 Å². The summed E-state index contributed by atoms with van der Waals surface area (Å²) in [5.41, 5.74) is 4.76. The van der Waals surface area contributed by atoms with Gasteiger partial charge in [-0.25, -0.2) is 4.79 Å². The van der Waals surface area contributed by atoms with Gasteiger partial charge in [0.25, 0.3) is 0 Å². The number of aromatic carboxylic acids is 1. The number of anilines is 1. The molecule has 5 nitrogen and oxygen atoms in total. The van der Waals surface area contributed by atoms with Gasteiger partial charge in [-0.3, -0.25) is 4.79 Å². The van der Waals surface area contributed by atoms with E-state index in [0.29, 0.717) is 5.69 Å². The molecule has 0 heterocycles. The Morgan fingerprint density at radius 2 is 1.80 bits per heavy atom. The Labute approximate surface area is 123 Å².